The van der Waals surface area contributed by atoms with Gasteiger partial charge in [0.1, 0.15) is 5.76 Å². The first kappa shape index (κ1) is 8.60. The third-order valence-corrected chi connectivity index (χ3v) is 1.71. The van der Waals surface area contributed by atoms with Crippen molar-refractivity contribution >= 4 is 11.6 Å². The Kier molecular flexibility index (Phi) is 2.23. The van der Waals surface area contributed by atoms with Crippen LogP contribution in [0, 0.1) is 0 Å². The van der Waals surface area contributed by atoms with Gasteiger partial charge < -0.3 is 4.52 Å². The first-order valence-corrected chi connectivity index (χ1v) is 4.09. The first-order chi connectivity index (χ1) is 5.04. The molecule has 0 aliphatic carbocycles. The zero-order chi connectivity index (χ0) is 8.48. The molecule has 62 valence electrons. The zero-order valence-corrected chi connectivity index (χ0v) is 7.77. The molecule has 0 N–H and O–H groups in total. The molecule has 0 unspecified atom stereocenters. The van der Waals surface area contributed by atoms with Gasteiger partial charge in [0.2, 0.25) is 0 Å². The number of alkyl halides is 1. The second-order valence-corrected chi connectivity index (χ2v) is 3.83. The van der Waals surface area contributed by atoms with Gasteiger partial charge in [-0.3, -0.25) is 0 Å². The summed E-state index contributed by atoms with van der Waals surface area (Å²) in [5.74, 6) is 1.30. The van der Waals surface area contributed by atoms with E-state index in [0.717, 1.165) is 11.5 Å². The van der Waals surface area contributed by atoms with Crippen LogP contribution in [0.1, 0.15) is 32.2 Å². The summed E-state index contributed by atoms with van der Waals surface area (Å²) in [7, 11) is 0. The van der Waals surface area contributed by atoms with Gasteiger partial charge in [0.25, 0.3) is 0 Å². The first-order valence-electron chi connectivity index (χ1n) is 3.56. The van der Waals surface area contributed by atoms with Gasteiger partial charge in [0.05, 0.1) is 11.6 Å². The summed E-state index contributed by atoms with van der Waals surface area (Å²) in [5.41, 5.74) is 0.828. The molecule has 1 aromatic heterocycles. The maximum absolute atomic E-state index is 5.57. The van der Waals surface area contributed by atoms with Gasteiger partial charge in [0.15, 0.2) is 0 Å². The lowest BCUT2D eigenvalue weighted by molar-refractivity contribution is 0.327. The molecule has 1 heterocycles. The Labute approximate surface area is 71.5 Å². The van der Waals surface area contributed by atoms with Gasteiger partial charge in [-0.2, -0.15) is 0 Å². The fourth-order valence-corrected chi connectivity index (χ4v) is 0.854. The molecule has 1 aromatic rings. The van der Waals surface area contributed by atoms with Gasteiger partial charge in [-0.25, -0.2) is 0 Å². The van der Waals surface area contributed by atoms with E-state index in [1.165, 1.54) is 0 Å². The van der Waals surface area contributed by atoms with Crippen LogP contribution in [-0.4, -0.2) is 5.16 Å². The molecule has 3 heteroatoms. The van der Waals surface area contributed by atoms with Gasteiger partial charge >= 0.3 is 0 Å². The predicted octanol–water partition coefficient (Wildman–Crippen LogP) is 2.71. The summed E-state index contributed by atoms with van der Waals surface area (Å²) in [6, 6.07) is 1.90. The van der Waals surface area contributed by atoms with Gasteiger partial charge in [-0.1, -0.05) is 25.9 Å². The Balaban J connectivity index is 2.89. The van der Waals surface area contributed by atoms with E-state index in [1.54, 1.807) is 0 Å². The predicted molar refractivity (Wildman–Crippen MR) is 44.8 cm³/mol. The lowest BCUT2D eigenvalue weighted by Crippen LogP contribution is -2.09. The van der Waals surface area contributed by atoms with Crippen LogP contribution in [0.15, 0.2) is 10.6 Å². The maximum atomic E-state index is 5.57. The lowest BCUT2D eigenvalue weighted by Gasteiger charge is -2.11. The van der Waals surface area contributed by atoms with Crippen LogP contribution in [0.5, 0.6) is 0 Å². The largest absolute Gasteiger partial charge is 0.361 e. The van der Waals surface area contributed by atoms with E-state index in [9.17, 15) is 0 Å². The van der Waals surface area contributed by atoms with E-state index < -0.39 is 0 Å². The molecule has 0 amide bonds. The van der Waals surface area contributed by atoms with E-state index >= 15 is 0 Å². The standard InChI is InChI=1S/C8H12ClNO/c1-8(2,3)7-4-6(5-9)10-11-7/h4H,5H2,1-3H3. The second-order valence-electron chi connectivity index (χ2n) is 3.57. The van der Waals surface area contributed by atoms with Crippen molar-refractivity contribution in [1.82, 2.24) is 5.16 Å². The summed E-state index contributed by atoms with van der Waals surface area (Å²) < 4.78 is 5.09. The Morgan fingerprint density at radius 2 is 2.18 bits per heavy atom. The average Bonchev–Trinajstić information content (AvgIpc) is 2.32. The Morgan fingerprint density at radius 1 is 1.55 bits per heavy atom. The highest BCUT2D eigenvalue weighted by molar-refractivity contribution is 6.16. The van der Waals surface area contributed by atoms with Crippen LogP contribution in [-0.2, 0) is 11.3 Å². The van der Waals surface area contributed by atoms with Crippen LogP contribution < -0.4 is 0 Å². The molecule has 11 heavy (non-hydrogen) atoms. The molecule has 1 rings (SSSR count). The van der Waals surface area contributed by atoms with Gasteiger partial charge in [-0.05, 0) is 0 Å². The van der Waals surface area contributed by atoms with Crippen molar-refractivity contribution in [2.75, 3.05) is 0 Å². The lowest BCUT2D eigenvalue weighted by atomic mass is 9.93. The molecule has 0 saturated carbocycles. The molecule has 0 bridgehead atoms. The normalized spacial score (nSPS) is 12.0. The van der Waals surface area contributed by atoms with Gasteiger partial charge in [0, 0.05) is 11.5 Å². The molecule has 0 saturated heterocycles. The number of hydrogen-bond donors (Lipinski definition) is 0. The number of halogens is 1. The topological polar surface area (TPSA) is 26.0 Å². The Hall–Kier alpha value is -0.500. The van der Waals surface area contributed by atoms with Crippen molar-refractivity contribution in [1.29, 1.82) is 0 Å². The molecule has 0 atom stereocenters. The average molecular weight is 174 g/mol. The summed E-state index contributed by atoms with van der Waals surface area (Å²) in [4.78, 5) is 0. The third-order valence-electron chi connectivity index (χ3n) is 1.44. The van der Waals surface area contributed by atoms with Crippen molar-refractivity contribution in [3.05, 3.63) is 17.5 Å². The minimum Gasteiger partial charge on any atom is -0.361 e. The van der Waals surface area contributed by atoms with Crippen molar-refractivity contribution in [2.45, 2.75) is 32.1 Å². The smallest absolute Gasteiger partial charge is 0.142 e. The fourth-order valence-electron chi connectivity index (χ4n) is 0.728. The molecule has 2 nitrogen and oxygen atoms in total. The van der Waals surface area contributed by atoms with E-state index in [1.807, 2.05) is 6.07 Å². The quantitative estimate of drug-likeness (QED) is 0.611. The van der Waals surface area contributed by atoms with Crippen molar-refractivity contribution in [3.8, 4) is 0 Å². The SMILES string of the molecule is CC(C)(C)c1cc(CCl)no1. The van der Waals surface area contributed by atoms with Gasteiger partial charge in [-0.15, -0.1) is 11.6 Å². The summed E-state index contributed by atoms with van der Waals surface area (Å²) in [5, 5.41) is 3.79. The zero-order valence-electron chi connectivity index (χ0n) is 7.02. The maximum Gasteiger partial charge on any atom is 0.142 e. The highest BCUT2D eigenvalue weighted by Crippen LogP contribution is 2.22. The Morgan fingerprint density at radius 3 is 2.45 bits per heavy atom. The van der Waals surface area contributed by atoms with Crippen molar-refractivity contribution < 1.29 is 4.52 Å². The highest BCUT2D eigenvalue weighted by Gasteiger charge is 2.18. The van der Waals surface area contributed by atoms with E-state index in [2.05, 4.69) is 25.9 Å². The van der Waals surface area contributed by atoms with Crippen LogP contribution in [0.4, 0.5) is 0 Å². The third kappa shape index (κ3) is 1.96. The fraction of sp³-hybridized carbons (Fsp3) is 0.625. The molecule has 0 aliphatic rings. The molecule has 0 radical (unpaired) electrons. The number of rotatable bonds is 1. The number of hydrogen-bond acceptors (Lipinski definition) is 2. The summed E-state index contributed by atoms with van der Waals surface area (Å²) in [6.45, 7) is 6.22. The van der Waals surface area contributed by atoms with Crippen LogP contribution in [0.2, 0.25) is 0 Å². The van der Waals surface area contributed by atoms with E-state index in [4.69, 9.17) is 16.1 Å². The number of aromatic nitrogens is 1. The molecule has 0 aliphatic heterocycles. The molecule has 0 aromatic carbocycles. The summed E-state index contributed by atoms with van der Waals surface area (Å²) in [6.07, 6.45) is 0. The van der Waals surface area contributed by atoms with Crippen molar-refractivity contribution in [2.24, 2.45) is 0 Å². The van der Waals surface area contributed by atoms with E-state index in [-0.39, 0.29) is 5.41 Å². The molecular formula is C8H12ClNO. The van der Waals surface area contributed by atoms with E-state index in [0.29, 0.717) is 5.88 Å². The van der Waals surface area contributed by atoms with Crippen LogP contribution in [0.25, 0.3) is 0 Å². The van der Waals surface area contributed by atoms with Crippen LogP contribution in [0.3, 0.4) is 0 Å². The minimum atomic E-state index is 0.0251. The highest BCUT2D eigenvalue weighted by atomic mass is 35.5. The molecule has 0 spiro atoms. The molecular weight excluding hydrogens is 162 g/mol. The molecule has 0 fully saturated rings. The summed E-state index contributed by atoms with van der Waals surface area (Å²) >= 11 is 5.57. The van der Waals surface area contributed by atoms with Crippen LogP contribution >= 0.6 is 11.6 Å². The minimum absolute atomic E-state index is 0.0251. The Bertz CT molecular complexity index is 236. The second kappa shape index (κ2) is 2.86. The number of nitrogens with zero attached hydrogens (tertiary/aromatic N) is 1. The monoisotopic (exact) mass is 173 g/mol. The van der Waals surface area contributed by atoms with Crippen molar-refractivity contribution in [3.63, 3.8) is 0 Å².